The molecule has 1 saturated heterocycles. The van der Waals surface area contributed by atoms with Crippen molar-refractivity contribution in [1.82, 2.24) is 15.0 Å². The van der Waals surface area contributed by atoms with Gasteiger partial charge in [0.25, 0.3) is 0 Å². The van der Waals surface area contributed by atoms with E-state index in [1.165, 1.54) is 5.56 Å². The molecule has 3 heterocycles. The maximum atomic E-state index is 10.8. The van der Waals surface area contributed by atoms with Crippen LogP contribution in [-0.2, 0) is 4.79 Å². The van der Waals surface area contributed by atoms with E-state index in [1.54, 1.807) is 6.20 Å². The number of benzene rings is 1. The Bertz CT molecular complexity index is 973. The third kappa shape index (κ3) is 4.92. The molecule has 0 atom stereocenters. The summed E-state index contributed by atoms with van der Waals surface area (Å²) in [6.45, 7) is 2.13. The van der Waals surface area contributed by atoms with Crippen LogP contribution in [0, 0.1) is 0 Å². The molecule has 0 aliphatic carbocycles. The summed E-state index contributed by atoms with van der Waals surface area (Å²) in [6.07, 6.45) is 3.87. The number of hydrogen-bond donors (Lipinski definition) is 2. The molecule has 0 unspecified atom stereocenters. The molecule has 1 aliphatic rings. The summed E-state index contributed by atoms with van der Waals surface area (Å²) in [7, 11) is 0. The van der Waals surface area contributed by atoms with Crippen molar-refractivity contribution in [3.8, 4) is 11.5 Å². The van der Waals surface area contributed by atoms with E-state index >= 15 is 0 Å². The molecule has 1 aliphatic heterocycles. The van der Waals surface area contributed by atoms with Gasteiger partial charge in [-0.1, -0.05) is 36.4 Å². The lowest BCUT2D eigenvalue weighted by Crippen LogP contribution is -2.33. The van der Waals surface area contributed by atoms with E-state index < -0.39 is 5.97 Å². The van der Waals surface area contributed by atoms with Crippen molar-refractivity contribution < 1.29 is 9.90 Å². The zero-order valence-corrected chi connectivity index (χ0v) is 16.7. The second-order valence-corrected chi connectivity index (χ2v) is 7.39. The molecule has 0 bridgehead atoms. The van der Waals surface area contributed by atoms with Crippen molar-refractivity contribution in [2.75, 3.05) is 29.9 Å². The second-order valence-electron chi connectivity index (χ2n) is 7.39. The fraction of sp³-hybridized carbons (Fsp3) is 0.304. The highest BCUT2D eigenvalue weighted by molar-refractivity contribution is 5.67. The fourth-order valence-electron chi connectivity index (χ4n) is 3.76. The molecule has 3 aromatic rings. The number of rotatable bonds is 7. The number of anilines is 2. The molecular weight excluding hydrogens is 378 g/mol. The SMILES string of the molecule is O=C(O)CCNc1cc(N2CCC(c3ccccc3)CC2)nc(-c2ccccn2)n1. The van der Waals surface area contributed by atoms with Gasteiger partial charge in [0.1, 0.15) is 17.3 Å². The average Bonchev–Trinajstić information content (AvgIpc) is 2.80. The second kappa shape index (κ2) is 9.35. The quantitative estimate of drug-likeness (QED) is 0.620. The van der Waals surface area contributed by atoms with Gasteiger partial charge < -0.3 is 15.3 Å². The van der Waals surface area contributed by atoms with Crippen LogP contribution < -0.4 is 10.2 Å². The van der Waals surface area contributed by atoms with Gasteiger partial charge in [0.2, 0.25) is 0 Å². The van der Waals surface area contributed by atoms with Crippen LogP contribution in [0.5, 0.6) is 0 Å². The number of carboxylic acids is 1. The third-order valence-electron chi connectivity index (χ3n) is 5.34. The van der Waals surface area contributed by atoms with E-state index in [1.807, 2.05) is 24.3 Å². The monoisotopic (exact) mass is 403 g/mol. The van der Waals surface area contributed by atoms with Gasteiger partial charge in [-0.05, 0) is 36.5 Å². The summed E-state index contributed by atoms with van der Waals surface area (Å²) >= 11 is 0. The van der Waals surface area contributed by atoms with Crippen LogP contribution in [0.3, 0.4) is 0 Å². The zero-order valence-electron chi connectivity index (χ0n) is 16.7. The van der Waals surface area contributed by atoms with E-state index in [0.29, 0.717) is 29.8 Å². The fourth-order valence-corrected chi connectivity index (χ4v) is 3.76. The summed E-state index contributed by atoms with van der Waals surface area (Å²) in [4.78, 5) is 26.8. The lowest BCUT2D eigenvalue weighted by Gasteiger charge is -2.33. The van der Waals surface area contributed by atoms with E-state index in [9.17, 15) is 4.79 Å². The molecule has 0 spiro atoms. The van der Waals surface area contributed by atoms with Gasteiger partial charge in [0.05, 0.1) is 6.42 Å². The topological polar surface area (TPSA) is 91.2 Å². The van der Waals surface area contributed by atoms with Crippen molar-refractivity contribution in [2.45, 2.75) is 25.2 Å². The van der Waals surface area contributed by atoms with Crippen LogP contribution >= 0.6 is 0 Å². The molecule has 7 heteroatoms. The van der Waals surface area contributed by atoms with Crippen LogP contribution in [0.15, 0.2) is 60.8 Å². The summed E-state index contributed by atoms with van der Waals surface area (Å²) in [5.41, 5.74) is 2.09. The van der Waals surface area contributed by atoms with Crippen molar-refractivity contribution in [2.24, 2.45) is 0 Å². The lowest BCUT2D eigenvalue weighted by molar-refractivity contribution is -0.136. The summed E-state index contributed by atoms with van der Waals surface area (Å²) in [6, 6.07) is 18.2. The number of hydrogen-bond acceptors (Lipinski definition) is 6. The summed E-state index contributed by atoms with van der Waals surface area (Å²) in [5.74, 6) is 1.72. The Balaban J connectivity index is 1.53. The van der Waals surface area contributed by atoms with E-state index in [-0.39, 0.29) is 6.42 Å². The highest BCUT2D eigenvalue weighted by Gasteiger charge is 2.22. The molecule has 1 fully saturated rings. The lowest BCUT2D eigenvalue weighted by atomic mass is 9.89. The Kier molecular flexibility index (Phi) is 6.17. The maximum absolute atomic E-state index is 10.8. The number of nitrogens with one attached hydrogen (secondary N) is 1. The number of aromatic nitrogens is 3. The van der Waals surface area contributed by atoms with Gasteiger partial charge in [-0.2, -0.15) is 0 Å². The first-order valence-corrected chi connectivity index (χ1v) is 10.2. The number of carbonyl (C=O) groups is 1. The number of pyridine rings is 1. The van der Waals surface area contributed by atoms with Crippen LogP contribution in [0.25, 0.3) is 11.5 Å². The first-order valence-electron chi connectivity index (χ1n) is 10.2. The predicted octanol–water partition coefficient (Wildman–Crippen LogP) is 3.81. The van der Waals surface area contributed by atoms with Gasteiger partial charge in [-0.25, -0.2) is 9.97 Å². The Morgan fingerprint density at radius 1 is 1.07 bits per heavy atom. The normalized spacial score (nSPS) is 14.5. The number of aliphatic carboxylic acids is 1. The Labute approximate surface area is 175 Å². The van der Waals surface area contributed by atoms with Crippen LogP contribution in [0.2, 0.25) is 0 Å². The van der Waals surface area contributed by atoms with Gasteiger partial charge in [-0.3, -0.25) is 9.78 Å². The summed E-state index contributed by atoms with van der Waals surface area (Å²) in [5, 5.41) is 12.0. The van der Waals surface area contributed by atoms with Crippen molar-refractivity contribution >= 4 is 17.6 Å². The molecule has 2 N–H and O–H groups in total. The number of carboxylic acid groups (broad SMARTS) is 1. The Morgan fingerprint density at radius 3 is 2.53 bits per heavy atom. The zero-order chi connectivity index (χ0) is 20.8. The average molecular weight is 403 g/mol. The van der Waals surface area contributed by atoms with Gasteiger partial charge in [0.15, 0.2) is 5.82 Å². The standard InChI is InChI=1S/C23H25N5O2/c29-22(30)9-13-25-20-16-21(27-23(26-20)19-8-4-5-12-24-19)28-14-10-18(11-15-28)17-6-2-1-3-7-17/h1-8,12,16,18H,9-11,13-15H2,(H,29,30)(H,25,26,27). The highest BCUT2D eigenvalue weighted by Crippen LogP contribution is 2.31. The molecule has 1 aromatic carbocycles. The molecule has 0 radical (unpaired) electrons. The largest absolute Gasteiger partial charge is 0.481 e. The molecule has 0 amide bonds. The third-order valence-corrected chi connectivity index (χ3v) is 5.34. The molecular formula is C23H25N5O2. The minimum Gasteiger partial charge on any atom is -0.481 e. The Hall–Kier alpha value is -3.48. The molecule has 0 saturated carbocycles. The molecule has 154 valence electrons. The van der Waals surface area contributed by atoms with Crippen molar-refractivity contribution in [1.29, 1.82) is 0 Å². The van der Waals surface area contributed by atoms with E-state index in [2.05, 4.69) is 50.5 Å². The molecule has 30 heavy (non-hydrogen) atoms. The van der Waals surface area contributed by atoms with Gasteiger partial charge in [-0.15, -0.1) is 0 Å². The minimum absolute atomic E-state index is 0.0285. The number of nitrogens with zero attached hydrogens (tertiary/aromatic N) is 4. The molecule has 2 aromatic heterocycles. The van der Waals surface area contributed by atoms with Gasteiger partial charge >= 0.3 is 5.97 Å². The van der Waals surface area contributed by atoms with Crippen LogP contribution in [0.1, 0.15) is 30.7 Å². The smallest absolute Gasteiger partial charge is 0.305 e. The first kappa shape index (κ1) is 19.8. The molecule has 7 nitrogen and oxygen atoms in total. The van der Waals surface area contributed by atoms with E-state index in [0.717, 1.165) is 31.7 Å². The molecule has 4 rings (SSSR count). The Morgan fingerprint density at radius 2 is 1.83 bits per heavy atom. The van der Waals surface area contributed by atoms with Gasteiger partial charge in [0, 0.05) is 31.9 Å². The van der Waals surface area contributed by atoms with Crippen LogP contribution in [0.4, 0.5) is 11.6 Å². The van der Waals surface area contributed by atoms with Crippen molar-refractivity contribution in [3.05, 3.63) is 66.4 Å². The maximum Gasteiger partial charge on any atom is 0.305 e. The summed E-state index contributed by atoms with van der Waals surface area (Å²) < 4.78 is 0. The highest BCUT2D eigenvalue weighted by atomic mass is 16.4. The number of piperidine rings is 1. The first-order chi connectivity index (χ1) is 14.7. The van der Waals surface area contributed by atoms with Crippen LogP contribution in [-0.4, -0.2) is 45.7 Å². The predicted molar refractivity (Wildman–Crippen MR) is 117 cm³/mol. The van der Waals surface area contributed by atoms with E-state index in [4.69, 9.17) is 10.1 Å². The van der Waals surface area contributed by atoms with Crippen molar-refractivity contribution in [3.63, 3.8) is 0 Å². The minimum atomic E-state index is -0.843.